The lowest BCUT2D eigenvalue weighted by Crippen LogP contribution is -2.22. The minimum absolute atomic E-state index is 0.101. The second-order valence-corrected chi connectivity index (χ2v) is 7.11. The first-order valence-corrected chi connectivity index (χ1v) is 8.67. The van der Waals surface area contributed by atoms with Crippen LogP contribution in [0.2, 0.25) is 0 Å². The number of aromatic nitrogens is 2. The Morgan fingerprint density at radius 1 is 1.41 bits per heavy atom. The molecule has 0 aliphatic carbocycles. The fraction of sp³-hybridized carbons (Fsp3) is 0.529. The summed E-state index contributed by atoms with van der Waals surface area (Å²) in [5, 5.41) is 9.60. The molecule has 2 rings (SSSR count). The Hall–Kier alpha value is -1.62. The number of hydrogen-bond acceptors (Lipinski definition) is 3. The first-order chi connectivity index (χ1) is 10.5. The van der Waals surface area contributed by atoms with E-state index in [1.807, 2.05) is 24.4 Å². The second-order valence-electron chi connectivity index (χ2n) is 6.08. The number of nitrogens with one attached hydrogen (secondary N) is 1. The highest BCUT2D eigenvalue weighted by Gasteiger charge is 2.13. The second kappa shape index (κ2) is 7.58. The van der Waals surface area contributed by atoms with Crippen LogP contribution in [0.5, 0.6) is 0 Å². The summed E-state index contributed by atoms with van der Waals surface area (Å²) >= 11 is 1.67. The molecule has 0 atom stereocenters. The summed E-state index contributed by atoms with van der Waals surface area (Å²) < 4.78 is 2.07. The third-order valence-electron chi connectivity index (χ3n) is 3.71. The molecule has 5 heteroatoms. The molecule has 0 unspecified atom stereocenters. The molecule has 1 amide bonds. The van der Waals surface area contributed by atoms with Crippen molar-refractivity contribution in [2.45, 2.75) is 53.6 Å². The lowest BCUT2D eigenvalue weighted by atomic mass is 10.1. The summed E-state index contributed by atoms with van der Waals surface area (Å²) in [5.41, 5.74) is 3.45. The van der Waals surface area contributed by atoms with Crippen LogP contribution < -0.4 is 5.32 Å². The van der Waals surface area contributed by atoms with Crippen molar-refractivity contribution < 1.29 is 4.79 Å². The van der Waals surface area contributed by atoms with Crippen LogP contribution in [0.4, 0.5) is 0 Å². The predicted molar refractivity (Wildman–Crippen MR) is 91.0 cm³/mol. The maximum absolute atomic E-state index is 12.0. The van der Waals surface area contributed by atoms with E-state index in [4.69, 9.17) is 0 Å². The average molecular weight is 319 g/mol. The van der Waals surface area contributed by atoms with Gasteiger partial charge in [0.1, 0.15) is 0 Å². The van der Waals surface area contributed by atoms with Crippen molar-refractivity contribution in [3.8, 4) is 0 Å². The fourth-order valence-electron chi connectivity index (χ4n) is 2.55. The number of aryl methyl sites for hydroxylation is 1. The summed E-state index contributed by atoms with van der Waals surface area (Å²) in [6, 6.07) is 4.04. The first kappa shape index (κ1) is 16.7. The molecule has 0 saturated carbocycles. The zero-order valence-corrected chi connectivity index (χ0v) is 14.7. The molecule has 1 N–H and O–H groups in total. The van der Waals surface area contributed by atoms with E-state index in [1.165, 1.54) is 16.1 Å². The largest absolute Gasteiger partial charge is 0.351 e. The van der Waals surface area contributed by atoms with Gasteiger partial charge in [0, 0.05) is 23.5 Å². The Labute approximate surface area is 136 Å². The Bertz CT molecular complexity index is 614. The zero-order chi connectivity index (χ0) is 16.1. The van der Waals surface area contributed by atoms with E-state index in [2.05, 4.69) is 35.9 Å². The zero-order valence-electron chi connectivity index (χ0n) is 13.8. The molecule has 2 aromatic heterocycles. The summed E-state index contributed by atoms with van der Waals surface area (Å²) in [6.07, 6.45) is 1.27. The maximum Gasteiger partial charge on any atom is 0.220 e. The van der Waals surface area contributed by atoms with Gasteiger partial charge in [-0.05, 0) is 43.2 Å². The molecule has 22 heavy (non-hydrogen) atoms. The molecule has 2 aromatic rings. The Morgan fingerprint density at radius 3 is 2.82 bits per heavy atom. The summed E-state index contributed by atoms with van der Waals surface area (Å²) in [7, 11) is 0. The van der Waals surface area contributed by atoms with Gasteiger partial charge in [0.2, 0.25) is 5.91 Å². The fourth-order valence-corrected chi connectivity index (χ4v) is 3.19. The molecule has 0 radical (unpaired) electrons. The minimum Gasteiger partial charge on any atom is -0.351 e. The van der Waals surface area contributed by atoms with E-state index >= 15 is 0 Å². The number of carbonyl (C=O) groups is 1. The van der Waals surface area contributed by atoms with Crippen LogP contribution in [0.15, 0.2) is 17.5 Å². The van der Waals surface area contributed by atoms with Crippen LogP contribution in [0.25, 0.3) is 0 Å². The molecule has 0 spiro atoms. The van der Waals surface area contributed by atoms with Crippen molar-refractivity contribution >= 4 is 17.2 Å². The van der Waals surface area contributed by atoms with Crippen LogP contribution in [0, 0.1) is 19.8 Å². The number of hydrogen-bond donors (Lipinski definition) is 1. The van der Waals surface area contributed by atoms with Gasteiger partial charge in [-0.2, -0.15) is 5.10 Å². The summed E-state index contributed by atoms with van der Waals surface area (Å²) in [6.45, 7) is 10.1. The van der Waals surface area contributed by atoms with E-state index in [0.717, 1.165) is 18.7 Å². The quantitative estimate of drug-likeness (QED) is 0.849. The number of carbonyl (C=O) groups excluding carboxylic acids is 1. The lowest BCUT2D eigenvalue weighted by Gasteiger charge is -2.08. The van der Waals surface area contributed by atoms with Gasteiger partial charge in [-0.15, -0.1) is 11.3 Å². The van der Waals surface area contributed by atoms with Gasteiger partial charge in [-0.1, -0.05) is 19.9 Å². The van der Waals surface area contributed by atoms with E-state index in [9.17, 15) is 4.79 Å². The number of thiophene rings is 1. The van der Waals surface area contributed by atoms with Crippen molar-refractivity contribution in [1.29, 1.82) is 0 Å². The summed E-state index contributed by atoms with van der Waals surface area (Å²) in [4.78, 5) is 13.2. The molecule has 0 fully saturated rings. The molecule has 0 aliphatic heterocycles. The average Bonchev–Trinajstić information content (AvgIpc) is 3.04. The van der Waals surface area contributed by atoms with Crippen molar-refractivity contribution in [2.24, 2.45) is 5.92 Å². The Balaban J connectivity index is 1.88. The normalized spacial score (nSPS) is 11.1. The molecular weight excluding hydrogens is 294 g/mol. The maximum atomic E-state index is 12.0. The van der Waals surface area contributed by atoms with E-state index in [1.54, 1.807) is 11.3 Å². The van der Waals surface area contributed by atoms with Crippen molar-refractivity contribution in [2.75, 3.05) is 0 Å². The molecule has 120 valence electrons. The highest BCUT2D eigenvalue weighted by molar-refractivity contribution is 7.09. The standard InChI is InChI=1S/C17H25N3OS/c1-12(2)11-20-14(4)16(13(3)19-20)7-8-17(21)18-10-15-6-5-9-22-15/h5-6,9,12H,7-8,10-11H2,1-4H3,(H,18,21). The minimum atomic E-state index is 0.101. The molecule has 0 saturated heterocycles. The highest BCUT2D eigenvalue weighted by atomic mass is 32.1. The van der Waals surface area contributed by atoms with Crippen LogP contribution in [0.3, 0.4) is 0 Å². The third-order valence-corrected chi connectivity index (χ3v) is 4.59. The third kappa shape index (κ3) is 4.44. The number of nitrogens with zero attached hydrogens (tertiary/aromatic N) is 2. The molecule has 0 aliphatic rings. The topological polar surface area (TPSA) is 46.9 Å². The molecule has 4 nitrogen and oxygen atoms in total. The van der Waals surface area contributed by atoms with Gasteiger partial charge >= 0.3 is 0 Å². The summed E-state index contributed by atoms with van der Waals surface area (Å²) in [5.74, 6) is 0.670. The van der Waals surface area contributed by atoms with Crippen molar-refractivity contribution in [3.05, 3.63) is 39.3 Å². The van der Waals surface area contributed by atoms with E-state index < -0.39 is 0 Å². The van der Waals surface area contributed by atoms with Gasteiger partial charge < -0.3 is 5.32 Å². The monoisotopic (exact) mass is 319 g/mol. The lowest BCUT2D eigenvalue weighted by molar-refractivity contribution is -0.121. The van der Waals surface area contributed by atoms with Gasteiger partial charge in [0.15, 0.2) is 0 Å². The smallest absolute Gasteiger partial charge is 0.220 e. The van der Waals surface area contributed by atoms with Crippen LogP contribution in [0.1, 0.15) is 42.1 Å². The molecular formula is C17H25N3OS. The van der Waals surface area contributed by atoms with Crippen molar-refractivity contribution in [3.63, 3.8) is 0 Å². The van der Waals surface area contributed by atoms with Gasteiger partial charge in [-0.25, -0.2) is 0 Å². The molecule has 2 heterocycles. The Morgan fingerprint density at radius 2 is 2.18 bits per heavy atom. The van der Waals surface area contributed by atoms with Crippen LogP contribution >= 0.6 is 11.3 Å². The SMILES string of the molecule is Cc1nn(CC(C)C)c(C)c1CCC(=O)NCc1cccs1. The first-order valence-electron chi connectivity index (χ1n) is 7.79. The van der Waals surface area contributed by atoms with Crippen LogP contribution in [-0.2, 0) is 24.3 Å². The van der Waals surface area contributed by atoms with Crippen LogP contribution in [-0.4, -0.2) is 15.7 Å². The molecule has 0 bridgehead atoms. The van der Waals surface area contributed by atoms with Gasteiger partial charge in [0.25, 0.3) is 0 Å². The van der Waals surface area contributed by atoms with E-state index in [-0.39, 0.29) is 5.91 Å². The van der Waals surface area contributed by atoms with Gasteiger partial charge in [-0.3, -0.25) is 9.48 Å². The number of amides is 1. The highest BCUT2D eigenvalue weighted by Crippen LogP contribution is 2.16. The number of rotatable bonds is 7. The van der Waals surface area contributed by atoms with Crippen molar-refractivity contribution in [1.82, 2.24) is 15.1 Å². The Kier molecular flexibility index (Phi) is 5.77. The van der Waals surface area contributed by atoms with E-state index in [0.29, 0.717) is 18.9 Å². The van der Waals surface area contributed by atoms with Gasteiger partial charge in [0.05, 0.1) is 12.2 Å². The molecule has 0 aromatic carbocycles. The predicted octanol–water partition coefficient (Wildman–Crippen LogP) is 3.47.